The van der Waals surface area contributed by atoms with Crippen LogP contribution in [0.15, 0.2) is 0 Å². The Kier molecular flexibility index (Phi) is 24.8. The van der Waals surface area contributed by atoms with Gasteiger partial charge in [0.1, 0.15) is 30.5 Å². The van der Waals surface area contributed by atoms with Gasteiger partial charge in [-0.05, 0) is 12.8 Å². The highest BCUT2D eigenvalue weighted by Crippen LogP contribution is 2.22. The second-order valence-electron chi connectivity index (χ2n) is 12.0. The summed E-state index contributed by atoms with van der Waals surface area (Å²) >= 11 is 0. The molecule has 1 aliphatic heterocycles. The van der Waals surface area contributed by atoms with E-state index in [0.717, 1.165) is 32.1 Å². The summed E-state index contributed by atoms with van der Waals surface area (Å²) in [4.78, 5) is 12.6. The van der Waals surface area contributed by atoms with Gasteiger partial charge in [0.05, 0.1) is 19.8 Å². The van der Waals surface area contributed by atoms with E-state index in [0.29, 0.717) is 13.0 Å². The molecule has 1 fully saturated rings. The topological polar surface area (TPSA) is 135 Å². The molecule has 0 aliphatic carbocycles. The number of carbonyl (C=O) groups is 1. The van der Waals surface area contributed by atoms with Crippen molar-refractivity contribution in [3.8, 4) is 0 Å². The first-order chi connectivity index (χ1) is 20.4. The van der Waals surface area contributed by atoms with Gasteiger partial charge in [0, 0.05) is 13.0 Å². The minimum absolute atomic E-state index is 0.107. The van der Waals surface area contributed by atoms with Gasteiger partial charge in [0.25, 0.3) is 0 Å². The average Bonchev–Trinajstić information content (AvgIpc) is 2.99. The Balaban J connectivity index is 2.38. The second-order valence-corrected chi connectivity index (χ2v) is 12.0. The van der Waals surface area contributed by atoms with E-state index in [4.69, 9.17) is 18.9 Å². The molecule has 0 bridgehead atoms. The Morgan fingerprint density at radius 3 is 1.69 bits per heavy atom. The molecule has 250 valence electrons. The third-order valence-electron chi connectivity index (χ3n) is 8.02. The van der Waals surface area contributed by atoms with Gasteiger partial charge in [-0.3, -0.25) is 4.79 Å². The molecule has 6 unspecified atom stereocenters. The van der Waals surface area contributed by atoms with Crippen molar-refractivity contribution >= 4 is 5.97 Å². The normalized spacial score (nSPS) is 23.2. The fourth-order valence-electron chi connectivity index (χ4n) is 5.25. The maximum atomic E-state index is 12.6. The van der Waals surface area contributed by atoms with Crippen LogP contribution in [0.5, 0.6) is 0 Å². The summed E-state index contributed by atoms with van der Waals surface area (Å²) in [5, 5.41) is 39.7. The van der Waals surface area contributed by atoms with Gasteiger partial charge in [-0.25, -0.2) is 0 Å². The van der Waals surface area contributed by atoms with Crippen molar-refractivity contribution < 1.29 is 44.2 Å². The molecule has 0 amide bonds. The molecular formula is C33H64O9. The van der Waals surface area contributed by atoms with Crippen molar-refractivity contribution in [1.82, 2.24) is 0 Å². The van der Waals surface area contributed by atoms with Gasteiger partial charge in [0.15, 0.2) is 6.29 Å². The van der Waals surface area contributed by atoms with Crippen LogP contribution in [0, 0.1) is 0 Å². The van der Waals surface area contributed by atoms with Crippen LogP contribution in [0.2, 0.25) is 0 Å². The van der Waals surface area contributed by atoms with Crippen LogP contribution in [0.4, 0.5) is 0 Å². The van der Waals surface area contributed by atoms with Crippen molar-refractivity contribution in [1.29, 1.82) is 0 Å². The summed E-state index contributed by atoms with van der Waals surface area (Å²) in [7, 11) is 0. The number of aliphatic hydroxyl groups excluding tert-OH is 4. The average molecular weight is 605 g/mol. The minimum atomic E-state index is -1.53. The lowest BCUT2D eigenvalue weighted by Gasteiger charge is -2.39. The highest BCUT2D eigenvalue weighted by molar-refractivity contribution is 5.69. The van der Waals surface area contributed by atoms with Gasteiger partial charge < -0.3 is 39.4 Å². The lowest BCUT2D eigenvalue weighted by Crippen LogP contribution is -2.59. The molecule has 1 aliphatic rings. The quantitative estimate of drug-likeness (QED) is 0.0667. The lowest BCUT2D eigenvalue weighted by atomic mass is 9.99. The molecule has 1 heterocycles. The molecule has 6 atom stereocenters. The number of rotatable bonds is 28. The molecule has 9 heteroatoms. The molecule has 0 spiro atoms. The molecule has 0 aromatic rings. The van der Waals surface area contributed by atoms with Crippen molar-refractivity contribution in [3.63, 3.8) is 0 Å². The van der Waals surface area contributed by atoms with Crippen LogP contribution in [-0.2, 0) is 23.7 Å². The highest BCUT2D eigenvalue weighted by Gasteiger charge is 2.44. The van der Waals surface area contributed by atoms with Gasteiger partial charge in [-0.15, -0.1) is 0 Å². The predicted octanol–water partition coefficient (Wildman–Crippen LogP) is 5.57. The Morgan fingerprint density at radius 2 is 1.17 bits per heavy atom. The summed E-state index contributed by atoms with van der Waals surface area (Å²) < 4.78 is 22.6. The van der Waals surface area contributed by atoms with Crippen LogP contribution in [0.3, 0.4) is 0 Å². The number of aliphatic hydroxyl groups is 4. The largest absolute Gasteiger partial charge is 0.457 e. The Labute approximate surface area is 255 Å². The standard InChI is InChI=1S/C33H64O9/c1-3-5-7-9-11-13-15-17-19-21-23-39-25-27(26-40-33-32(38)31(37)30(36)28(24-34)42-33)41-29(35)22-20-18-16-14-12-10-8-6-4-2/h27-28,30-34,36-38H,3-26H2,1-2H3. The molecule has 42 heavy (non-hydrogen) atoms. The molecule has 0 aromatic heterocycles. The third-order valence-corrected chi connectivity index (χ3v) is 8.02. The van der Waals surface area contributed by atoms with Gasteiger partial charge in [-0.2, -0.15) is 0 Å². The minimum Gasteiger partial charge on any atom is -0.457 e. The van der Waals surface area contributed by atoms with Gasteiger partial charge in [0.2, 0.25) is 0 Å². The van der Waals surface area contributed by atoms with E-state index in [1.165, 1.54) is 89.9 Å². The fraction of sp³-hybridized carbons (Fsp3) is 0.970. The highest BCUT2D eigenvalue weighted by atomic mass is 16.7. The number of unbranched alkanes of at least 4 members (excludes halogenated alkanes) is 17. The first-order valence-electron chi connectivity index (χ1n) is 17.1. The number of hydrogen-bond acceptors (Lipinski definition) is 9. The number of carbonyl (C=O) groups excluding carboxylic acids is 1. The zero-order valence-corrected chi connectivity index (χ0v) is 26.8. The Bertz CT molecular complexity index is 618. The molecule has 1 saturated heterocycles. The van der Waals surface area contributed by atoms with E-state index in [1.807, 2.05) is 0 Å². The second kappa shape index (κ2) is 26.6. The van der Waals surface area contributed by atoms with E-state index in [2.05, 4.69) is 13.8 Å². The van der Waals surface area contributed by atoms with Crippen LogP contribution >= 0.6 is 0 Å². The maximum Gasteiger partial charge on any atom is 0.306 e. The first-order valence-corrected chi connectivity index (χ1v) is 17.1. The van der Waals surface area contributed by atoms with E-state index in [1.54, 1.807) is 0 Å². The van der Waals surface area contributed by atoms with Gasteiger partial charge >= 0.3 is 5.97 Å². The van der Waals surface area contributed by atoms with Crippen molar-refractivity contribution in [3.05, 3.63) is 0 Å². The molecule has 4 N–H and O–H groups in total. The third kappa shape index (κ3) is 18.8. The molecule has 0 saturated carbocycles. The summed E-state index contributed by atoms with van der Waals surface area (Å²) in [5.41, 5.74) is 0. The monoisotopic (exact) mass is 604 g/mol. The van der Waals surface area contributed by atoms with Crippen LogP contribution in [-0.4, -0.2) is 89.6 Å². The van der Waals surface area contributed by atoms with E-state index in [9.17, 15) is 25.2 Å². The van der Waals surface area contributed by atoms with E-state index >= 15 is 0 Å². The lowest BCUT2D eigenvalue weighted by molar-refractivity contribution is -0.305. The van der Waals surface area contributed by atoms with Gasteiger partial charge in [-0.1, -0.05) is 123 Å². The molecular weight excluding hydrogens is 540 g/mol. The molecule has 1 rings (SSSR count). The number of ether oxygens (including phenoxy) is 4. The Hall–Kier alpha value is -0.810. The smallest absolute Gasteiger partial charge is 0.306 e. The molecule has 0 radical (unpaired) electrons. The fourth-order valence-corrected chi connectivity index (χ4v) is 5.25. The van der Waals surface area contributed by atoms with E-state index < -0.39 is 43.4 Å². The van der Waals surface area contributed by atoms with Crippen molar-refractivity contribution in [2.45, 2.75) is 179 Å². The number of esters is 1. The zero-order chi connectivity index (χ0) is 30.8. The number of hydrogen-bond donors (Lipinski definition) is 4. The Morgan fingerprint density at radius 1 is 0.667 bits per heavy atom. The van der Waals surface area contributed by atoms with Crippen molar-refractivity contribution in [2.24, 2.45) is 0 Å². The molecule has 9 nitrogen and oxygen atoms in total. The molecule has 0 aromatic carbocycles. The summed E-state index contributed by atoms with van der Waals surface area (Å²) in [6.45, 7) is 4.52. The SMILES string of the molecule is CCCCCCCCCCCCOCC(COC1OC(CO)C(O)C(O)C1O)OC(=O)CCCCCCCCCCC. The maximum absolute atomic E-state index is 12.6. The van der Waals surface area contributed by atoms with Crippen LogP contribution in [0.1, 0.15) is 142 Å². The first kappa shape index (κ1) is 39.2. The van der Waals surface area contributed by atoms with E-state index in [-0.39, 0.29) is 19.2 Å². The predicted molar refractivity (Wildman–Crippen MR) is 164 cm³/mol. The zero-order valence-electron chi connectivity index (χ0n) is 26.8. The summed E-state index contributed by atoms with van der Waals surface area (Å²) in [6, 6.07) is 0. The van der Waals surface area contributed by atoms with Crippen LogP contribution in [0.25, 0.3) is 0 Å². The summed E-state index contributed by atoms with van der Waals surface area (Å²) in [6.07, 6.45) is 15.6. The summed E-state index contributed by atoms with van der Waals surface area (Å²) in [5.74, 6) is -0.317. The van der Waals surface area contributed by atoms with Crippen molar-refractivity contribution in [2.75, 3.05) is 26.4 Å². The van der Waals surface area contributed by atoms with Crippen LogP contribution < -0.4 is 0 Å².